The molecule has 0 saturated carbocycles. The number of aryl methyl sites for hydroxylation is 1. The SMILES string of the molecule is Cc1nc2c(c(N3CCC(C)CC3)n1)CN(C(=O)c1cccc([N+](=O)[O-])c1)CC2. The first-order valence-electron chi connectivity index (χ1n) is 10.1. The van der Waals surface area contributed by atoms with Crippen molar-refractivity contribution in [3.05, 3.63) is 57.0 Å². The molecule has 1 saturated heterocycles. The number of fused-ring (bicyclic) bond motifs is 1. The van der Waals surface area contributed by atoms with E-state index in [2.05, 4.69) is 16.8 Å². The Morgan fingerprint density at radius 3 is 2.69 bits per heavy atom. The Morgan fingerprint density at radius 2 is 1.97 bits per heavy atom. The second-order valence-corrected chi connectivity index (χ2v) is 7.97. The van der Waals surface area contributed by atoms with Crippen molar-refractivity contribution in [1.82, 2.24) is 14.9 Å². The number of amides is 1. The van der Waals surface area contributed by atoms with Gasteiger partial charge in [0.2, 0.25) is 0 Å². The van der Waals surface area contributed by atoms with Crippen LogP contribution >= 0.6 is 0 Å². The van der Waals surface area contributed by atoms with Crippen LogP contribution in [0.3, 0.4) is 0 Å². The van der Waals surface area contributed by atoms with Gasteiger partial charge in [0.15, 0.2) is 0 Å². The average molecular weight is 395 g/mol. The van der Waals surface area contributed by atoms with Crippen molar-refractivity contribution in [1.29, 1.82) is 0 Å². The number of carbonyl (C=O) groups excluding carboxylic acids is 1. The van der Waals surface area contributed by atoms with Crippen LogP contribution < -0.4 is 4.90 Å². The fraction of sp³-hybridized carbons (Fsp3) is 0.476. The summed E-state index contributed by atoms with van der Waals surface area (Å²) in [5, 5.41) is 11.0. The maximum atomic E-state index is 13.0. The monoisotopic (exact) mass is 395 g/mol. The molecule has 2 aliphatic heterocycles. The molecule has 152 valence electrons. The Hall–Kier alpha value is -3.03. The molecule has 0 spiro atoms. The lowest BCUT2D eigenvalue weighted by Gasteiger charge is -2.36. The standard InChI is InChI=1S/C21H25N5O3/c1-14-6-9-24(10-7-14)20-18-13-25(11-8-19(18)22-15(2)23-20)21(27)16-4-3-5-17(12-16)26(28)29/h3-5,12,14H,6-11,13H2,1-2H3. The molecular formula is C21H25N5O3. The van der Waals surface area contributed by atoms with Crippen molar-refractivity contribution in [3.8, 4) is 0 Å². The maximum absolute atomic E-state index is 13.0. The van der Waals surface area contributed by atoms with Crippen LogP contribution in [0.5, 0.6) is 0 Å². The van der Waals surface area contributed by atoms with Crippen LogP contribution in [0, 0.1) is 23.0 Å². The molecular weight excluding hydrogens is 370 g/mol. The van der Waals surface area contributed by atoms with E-state index in [9.17, 15) is 14.9 Å². The predicted molar refractivity (Wildman–Crippen MR) is 109 cm³/mol. The summed E-state index contributed by atoms with van der Waals surface area (Å²) >= 11 is 0. The second-order valence-electron chi connectivity index (χ2n) is 7.97. The van der Waals surface area contributed by atoms with Gasteiger partial charge in [0.05, 0.1) is 17.2 Å². The van der Waals surface area contributed by atoms with Gasteiger partial charge in [-0.15, -0.1) is 0 Å². The quantitative estimate of drug-likeness (QED) is 0.586. The number of nitro groups is 1. The largest absolute Gasteiger partial charge is 0.356 e. The summed E-state index contributed by atoms with van der Waals surface area (Å²) < 4.78 is 0. The molecule has 0 aliphatic carbocycles. The summed E-state index contributed by atoms with van der Waals surface area (Å²) in [4.78, 5) is 37.0. The first kappa shape index (κ1) is 19.3. The fourth-order valence-electron chi connectivity index (χ4n) is 4.11. The highest BCUT2D eigenvalue weighted by molar-refractivity contribution is 5.95. The van der Waals surface area contributed by atoms with Crippen LogP contribution in [0.4, 0.5) is 11.5 Å². The number of rotatable bonds is 3. The Balaban J connectivity index is 1.61. The van der Waals surface area contributed by atoms with Crippen LogP contribution in [0.1, 0.15) is 47.2 Å². The molecule has 1 amide bonds. The minimum atomic E-state index is -0.478. The van der Waals surface area contributed by atoms with Crippen LogP contribution in [0.2, 0.25) is 0 Å². The number of anilines is 1. The molecule has 0 radical (unpaired) electrons. The zero-order chi connectivity index (χ0) is 20.5. The topological polar surface area (TPSA) is 92.5 Å². The van der Waals surface area contributed by atoms with Crippen molar-refractivity contribution < 1.29 is 9.72 Å². The van der Waals surface area contributed by atoms with Gasteiger partial charge in [-0.2, -0.15) is 0 Å². The number of hydrogen-bond acceptors (Lipinski definition) is 6. The lowest BCUT2D eigenvalue weighted by molar-refractivity contribution is -0.384. The summed E-state index contributed by atoms with van der Waals surface area (Å²) in [7, 11) is 0. The molecule has 8 nitrogen and oxygen atoms in total. The normalized spacial score (nSPS) is 17.2. The number of non-ortho nitro benzene ring substituents is 1. The van der Waals surface area contributed by atoms with E-state index >= 15 is 0 Å². The summed E-state index contributed by atoms with van der Waals surface area (Å²) in [5.74, 6) is 2.22. The van der Waals surface area contributed by atoms with Crippen LogP contribution in [-0.2, 0) is 13.0 Å². The molecule has 4 rings (SSSR count). The predicted octanol–water partition coefficient (Wildman–Crippen LogP) is 3.13. The van der Waals surface area contributed by atoms with Crippen molar-refractivity contribution in [3.63, 3.8) is 0 Å². The molecule has 0 unspecified atom stereocenters. The summed E-state index contributed by atoms with van der Waals surface area (Å²) in [6, 6.07) is 5.92. The highest BCUT2D eigenvalue weighted by Gasteiger charge is 2.29. The molecule has 0 bridgehead atoms. The molecule has 3 heterocycles. The first-order chi connectivity index (χ1) is 13.9. The lowest BCUT2D eigenvalue weighted by atomic mass is 9.98. The zero-order valence-electron chi connectivity index (χ0n) is 16.8. The van der Waals surface area contributed by atoms with Gasteiger partial charge in [-0.25, -0.2) is 9.97 Å². The van der Waals surface area contributed by atoms with Crippen molar-refractivity contribution >= 4 is 17.4 Å². The van der Waals surface area contributed by atoms with Crippen LogP contribution in [0.25, 0.3) is 0 Å². The van der Waals surface area contributed by atoms with Gasteiger partial charge in [-0.1, -0.05) is 13.0 Å². The Labute approximate surface area is 169 Å². The van der Waals surface area contributed by atoms with E-state index in [-0.39, 0.29) is 11.6 Å². The van der Waals surface area contributed by atoms with Gasteiger partial charge in [-0.3, -0.25) is 14.9 Å². The third-order valence-electron chi connectivity index (χ3n) is 5.82. The summed E-state index contributed by atoms with van der Waals surface area (Å²) in [6.45, 7) is 7.08. The van der Waals surface area contributed by atoms with Gasteiger partial charge in [0.25, 0.3) is 11.6 Å². The Kier molecular flexibility index (Phi) is 5.17. The minimum absolute atomic E-state index is 0.0738. The van der Waals surface area contributed by atoms with Gasteiger partial charge in [0.1, 0.15) is 11.6 Å². The van der Waals surface area contributed by atoms with Crippen LogP contribution in [0.15, 0.2) is 24.3 Å². The minimum Gasteiger partial charge on any atom is -0.356 e. The van der Waals surface area contributed by atoms with Crippen LogP contribution in [-0.4, -0.2) is 45.3 Å². The highest BCUT2D eigenvalue weighted by atomic mass is 16.6. The van der Waals surface area contributed by atoms with E-state index in [1.807, 2.05) is 6.92 Å². The molecule has 0 atom stereocenters. The number of hydrogen-bond donors (Lipinski definition) is 0. The van der Waals surface area contributed by atoms with Gasteiger partial charge in [-0.05, 0) is 31.7 Å². The number of piperidine rings is 1. The number of benzene rings is 1. The molecule has 1 aromatic heterocycles. The molecule has 2 aromatic rings. The smallest absolute Gasteiger partial charge is 0.270 e. The Morgan fingerprint density at radius 1 is 1.21 bits per heavy atom. The molecule has 1 aromatic carbocycles. The lowest BCUT2D eigenvalue weighted by Crippen LogP contribution is -2.40. The molecule has 2 aliphatic rings. The van der Waals surface area contributed by atoms with Gasteiger partial charge >= 0.3 is 0 Å². The number of nitrogens with zero attached hydrogens (tertiary/aromatic N) is 5. The average Bonchev–Trinajstić information content (AvgIpc) is 2.73. The number of aromatic nitrogens is 2. The zero-order valence-corrected chi connectivity index (χ0v) is 16.8. The van der Waals surface area contributed by atoms with Crippen molar-refractivity contribution in [2.45, 2.75) is 39.7 Å². The Bertz CT molecular complexity index is 953. The maximum Gasteiger partial charge on any atom is 0.270 e. The second kappa shape index (κ2) is 7.77. The summed E-state index contributed by atoms with van der Waals surface area (Å²) in [6.07, 6.45) is 2.93. The summed E-state index contributed by atoms with van der Waals surface area (Å²) in [5.41, 5.74) is 2.28. The van der Waals surface area contributed by atoms with Crippen molar-refractivity contribution in [2.75, 3.05) is 24.5 Å². The van der Waals surface area contributed by atoms with E-state index in [1.54, 1.807) is 17.0 Å². The van der Waals surface area contributed by atoms with E-state index in [4.69, 9.17) is 4.98 Å². The molecule has 8 heteroatoms. The van der Waals surface area contributed by atoms with E-state index in [0.717, 1.165) is 54.7 Å². The van der Waals surface area contributed by atoms with E-state index in [1.165, 1.54) is 12.1 Å². The molecule has 29 heavy (non-hydrogen) atoms. The fourth-order valence-corrected chi connectivity index (χ4v) is 4.11. The number of nitro benzene ring substituents is 1. The highest BCUT2D eigenvalue weighted by Crippen LogP contribution is 2.30. The molecule has 1 fully saturated rings. The van der Waals surface area contributed by atoms with E-state index < -0.39 is 4.92 Å². The van der Waals surface area contributed by atoms with Crippen molar-refractivity contribution in [2.24, 2.45) is 5.92 Å². The van der Waals surface area contributed by atoms with Gasteiger partial charge < -0.3 is 9.80 Å². The van der Waals surface area contributed by atoms with Gasteiger partial charge in [0, 0.05) is 49.3 Å². The third-order valence-corrected chi connectivity index (χ3v) is 5.82. The third kappa shape index (κ3) is 3.92. The van der Waals surface area contributed by atoms with E-state index in [0.29, 0.717) is 25.1 Å². The number of carbonyl (C=O) groups is 1. The molecule has 0 N–H and O–H groups in total. The first-order valence-corrected chi connectivity index (χ1v) is 10.1.